The molecule has 0 saturated heterocycles. The summed E-state index contributed by atoms with van der Waals surface area (Å²) in [6.45, 7) is 2.05. The largest absolute Gasteiger partial charge is 0.399 e. The summed E-state index contributed by atoms with van der Waals surface area (Å²) in [6.07, 6.45) is 3.56. The number of aromatic amines is 1. The van der Waals surface area contributed by atoms with Gasteiger partial charge in [-0.25, -0.2) is 4.98 Å². The van der Waals surface area contributed by atoms with Crippen molar-refractivity contribution in [3.8, 4) is 0 Å². The summed E-state index contributed by atoms with van der Waals surface area (Å²) in [5.74, 6) is 0.923. The quantitative estimate of drug-likeness (QED) is 0.668. The lowest BCUT2D eigenvalue weighted by Gasteiger charge is -2.12. The van der Waals surface area contributed by atoms with Gasteiger partial charge in [-0.05, 0) is 31.2 Å². The number of nitrogens with zero attached hydrogens (tertiary/aromatic N) is 1. The van der Waals surface area contributed by atoms with Gasteiger partial charge in [0.15, 0.2) is 0 Å². The van der Waals surface area contributed by atoms with Gasteiger partial charge < -0.3 is 16.0 Å². The van der Waals surface area contributed by atoms with Gasteiger partial charge in [-0.2, -0.15) is 0 Å². The second-order valence-electron chi connectivity index (χ2n) is 3.46. The van der Waals surface area contributed by atoms with Crippen LogP contribution >= 0.6 is 0 Å². The van der Waals surface area contributed by atoms with E-state index in [1.807, 2.05) is 30.5 Å². The molecule has 0 fully saturated rings. The summed E-state index contributed by atoms with van der Waals surface area (Å²) in [5.41, 5.74) is 7.41. The number of aromatic nitrogens is 2. The molecule has 0 aliphatic rings. The van der Waals surface area contributed by atoms with Crippen LogP contribution < -0.4 is 11.1 Å². The standard InChI is InChI=1S/C11H14N4/c1-8(11-13-6-7-14-11)15-10-4-2-9(12)3-5-10/h2-8,15H,12H2,1H3,(H,13,14). The van der Waals surface area contributed by atoms with Crippen molar-refractivity contribution in [2.75, 3.05) is 11.1 Å². The zero-order chi connectivity index (χ0) is 10.7. The minimum absolute atomic E-state index is 0.156. The molecule has 0 aliphatic carbocycles. The second-order valence-corrected chi connectivity index (χ2v) is 3.46. The monoisotopic (exact) mass is 202 g/mol. The molecule has 1 aromatic carbocycles. The van der Waals surface area contributed by atoms with Crippen LogP contribution in [-0.2, 0) is 0 Å². The van der Waals surface area contributed by atoms with Crippen LogP contribution in [0.25, 0.3) is 0 Å². The first-order chi connectivity index (χ1) is 7.25. The minimum Gasteiger partial charge on any atom is -0.399 e. The lowest BCUT2D eigenvalue weighted by molar-refractivity contribution is 0.810. The summed E-state index contributed by atoms with van der Waals surface area (Å²) >= 11 is 0. The highest BCUT2D eigenvalue weighted by molar-refractivity contribution is 5.51. The Morgan fingerprint density at radius 1 is 1.33 bits per heavy atom. The Labute approximate surface area is 88.5 Å². The predicted molar refractivity (Wildman–Crippen MR) is 61.5 cm³/mol. The number of H-pyrrole nitrogens is 1. The van der Waals surface area contributed by atoms with Crippen molar-refractivity contribution < 1.29 is 0 Å². The van der Waals surface area contributed by atoms with Crippen molar-refractivity contribution >= 4 is 11.4 Å². The molecule has 2 rings (SSSR count). The van der Waals surface area contributed by atoms with E-state index in [0.717, 1.165) is 17.2 Å². The maximum Gasteiger partial charge on any atom is 0.128 e. The molecule has 4 N–H and O–H groups in total. The van der Waals surface area contributed by atoms with Crippen LogP contribution in [0.1, 0.15) is 18.8 Å². The molecule has 1 atom stereocenters. The minimum atomic E-state index is 0.156. The molecule has 1 aromatic heterocycles. The molecular weight excluding hydrogens is 188 g/mol. The fourth-order valence-corrected chi connectivity index (χ4v) is 1.41. The van der Waals surface area contributed by atoms with Crippen molar-refractivity contribution in [3.05, 3.63) is 42.5 Å². The third-order valence-electron chi connectivity index (χ3n) is 2.22. The first-order valence-corrected chi connectivity index (χ1v) is 4.87. The van der Waals surface area contributed by atoms with E-state index in [1.165, 1.54) is 0 Å². The number of benzene rings is 1. The van der Waals surface area contributed by atoms with Gasteiger partial charge in [0.25, 0.3) is 0 Å². The molecule has 0 spiro atoms. The lowest BCUT2D eigenvalue weighted by Crippen LogP contribution is -2.08. The Balaban J connectivity index is 2.06. The number of rotatable bonds is 3. The molecule has 0 radical (unpaired) electrons. The SMILES string of the molecule is CC(Nc1ccc(N)cc1)c1ncc[nH]1. The lowest BCUT2D eigenvalue weighted by atomic mass is 10.2. The van der Waals surface area contributed by atoms with E-state index >= 15 is 0 Å². The topological polar surface area (TPSA) is 66.7 Å². The molecule has 78 valence electrons. The Morgan fingerprint density at radius 2 is 2.07 bits per heavy atom. The maximum atomic E-state index is 5.61. The molecule has 0 amide bonds. The normalized spacial score (nSPS) is 12.3. The number of nitrogens with two attached hydrogens (primary N) is 1. The van der Waals surface area contributed by atoms with E-state index in [-0.39, 0.29) is 6.04 Å². The highest BCUT2D eigenvalue weighted by Gasteiger charge is 2.06. The third kappa shape index (κ3) is 2.28. The highest BCUT2D eigenvalue weighted by atomic mass is 15.0. The van der Waals surface area contributed by atoms with Crippen LogP contribution in [0.2, 0.25) is 0 Å². The first-order valence-electron chi connectivity index (χ1n) is 4.87. The van der Waals surface area contributed by atoms with E-state index in [4.69, 9.17) is 5.73 Å². The van der Waals surface area contributed by atoms with Crippen molar-refractivity contribution in [2.24, 2.45) is 0 Å². The number of anilines is 2. The van der Waals surface area contributed by atoms with Crippen LogP contribution in [0.5, 0.6) is 0 Å². The zero-order valence-corrected chi connectivity index (χ0v) is 8.57. The molecule has 4 heteroatoms. The van der Waals surface area contributed by atoms with Crippen LogP contribution in [0.3, 0.4) is 0 Å². The van der Waals surface area contributed by atoms with Crippen LogP contribution in [0.15, 0.2) is 36.7 Å². The fourth-order valence-electron chi connectivity index (χ4n) is 1.41. The van der Waals surface area contributed by atoms with Gasteiger partial charge in [0.2, 0.25) is 0 Å². The number of nitrogen functional groups attached to an aromatic ring is 1. The van der Waals surface area contributed by atoms with Crippen LogP contribution in [0.4, 0.5) is 11.4 Å². The summed E-state index contributed by atoms with van der Waals surface area (Å²) < 4.78 is 0. The van der Waals surface area contributed by atoms with Crippen LogP contribution in [-0.4, -0.2) is 9.97 Å². The number of hydrogen-bond acceptors (Lipinski definition) is 3. The fraction of sp³-hybridized carbons (Fsp3) is 0.182. The second kappa shape index (κ2) is 4.04. The molecular formula is C11H14N4. The highest BCUT2D eigenvalue weighted by Crippen LogP contribution is 2.17. The van der Waals surface area contributed by atoms with Crippen molar-refractivity contribution in [2.45, 2.75) is 13.0 Å². The third-order valence-corrected chi connectivity index (χ3v) is 2.22. The average molecular weight is 202 g/mol. The van der Waals surface area contributed by atoms with E-state index in [1.54, 1.807) is 6.20 Å². The number of hydrogen-bond donors (Lipinski definition) is 3. The summed E-state index contributed by atoms with van der Waals surface area (Å²) in [7, 11) is 0. The van der Waals surface area contributed by atoms with Crippen molar-refractivity contribution in [1.29, 1.82) is 0 Å². The number of nitrogens with one attached hydrogen (secondary N) is 2. The molecule has 0 saturated carbocycles. The molecule has 2 aromatic rings. The van der Waals surface area contributed by atoms with Gasteiger partial charge in [0, 0.05) is 23.8 Å². The molecule has 4 nitrogen and oxygen atoms in total. The summed E-state index contributed by atoms with van der Waals surface area (Å²) in [5, 5.41) is 3.32. The molecule has 0 aliphatic heterocycles. The van der Waals surface area contributed by atoms with Gasteiger partial charge in [0.1, 0.15) is 5.82 Å². The maximum absolute atomic E-state index is 5.61. The molecule has 0 bridgehead atoms. The van der Waals surface area contributed by atoms with E-state index < -0.39 is 0 Å². The Morgan fingerprint density at radius 3 is 2.67 bits per heavy atom. The average Bonchev–Trinajstić information content (AvgIpc) is 2.74. The van der Waals surface area contributed by atoms with E-state index in [0.29, 0.717) is 0 Å². The Kier molecular flexibility index (Phi) is 2.58. The molecule has 1 unspecified atom stereocenters. The predicted octanol–water partition coefficient (Wildman–Crippen LogP) is 2.17. The van der Waals surface area contributed by atoms with Gasteiger partial charge >= 0.3 is 0 Å². The summed E-state index contributed by atoms with van der Waals surface area (Å²) in [6, 6.07) is 7.81. The number of imidazole rings is 1. The Hall–Kier alpha value is -1.97. The van der Waals surface area contributed by atoms with E-state index in [2.05, 4.69) is 22.2 Å². The smallest absolute Gasteiger partial charge is 0.128 e. The Bertz CT molecular complexity index is 405. The van der Waals surface area contributed by atoms with Gasteiger partial charge in [0.05, 0.1) is 6.04 Å². The van der Waals surface area contributed by atoms with E-state index in [9.17, 15) is 0 Å². The van der Waals surface area contributed by atoms with Crippen molar-refractivity contribution in [3.63, 3.8) is 0 Å². The van der Waals surface area contributed by atoms with Gasteiger partial charge in [-0.3, -0.25) is 0 Å². The molecule has 1 heterocycles. The van der Waals surface area contributed by atoms with Gasteiger partial charge in [-0.1, -0.05) is 0 Å². The molecule has 15 heavy (non-hydrogen) atoms. The first kappa shape index (κ1) is 9.58. The summed E-state index contributed by atoms with van der Waals surface area (Å²) in [4.78, 5) is 7.26. The van der Waals surface area contributed by atoms with Crippen LogP contribution in [0, 0.1) is 0 Å². The zero-order valence-electron chi connectivity index (χ0n) is 8.57. The van der Waals surface area contributed by atoms with Gasteiger partial charge in [-0.15, -0.1) is 0 Å². The van der Waals surface area contributed by atoms with Crippen molar-refractivity contribution in [1.82, 2.24) is 9.97 Å².